The van der Waals surface area contributed by atoms with E-state index in [4.69, 9.17) is 0 Å². The van der Waals surface area contributed by atoms with Gasteiger partial charge >= 0.3 is 43.4 Å². The van der Waals surface area contributed by atoms with Crippen molar-refractivity contribution in [3.63, 3.8) is 0 Å². The zero-order valence-electron chi connectivity index (χ0n) is 9.96. The molecule has 0 saturated heterocycles. The molecule has 0 saturated carbocycles. The Morgan fingerprint density at radius 1 is 0.500 bits per heavy atom. The summed E-state index contributed by atoms with van der Waals surface area (Å²) in [5, 5.41) is 28.6. The van der Waals surface area contributed by atoms with Crippen LogP contribution >= 0.6 is 0 Å². The first-order chi connectivity index (χ1) is 5.20. The number of rotatable bonds is 0. The molecule has 0 aromatic heterocycles. The van der Waals surface area contributed by atoms with Gasteiger partial charge in [-0.1, -0.05) is 41.5 Å². The van der Waals surface area contributed by atoms with Gasteiger partial charge in [0.25, 0.3) is 0 Å². The Kier molecular flexibility index (Phi) is 50.2. The molecule has 0 aliphatic carbocycles. The van der Waals surface area contributed by atoms with Crippen LogP contribution in [0.4, 0.5) is 0 Å². The van der Waals surface area contributed by atoms with Crippen molar-refractivity contribution in [2.75, 3.05) is 0 Å². The third kappa shape index (κ3) is 1180. The molecule has 0 aliphatic heterocycles. The largest absolute Gasteiger partial charge is 4.00 e. The summed E-state index contributed by atoms with van der Waals surface area (Å²) in [7, 11) is 0. The fourth-order valence-electron chi connectivity index (χ4n) is 0. The second-order valence-electron chi connectivity index (χ2n) is 3.15. The summed E-state index contributed by atoms with van der Waals surface area (Å²) in [4.78, 5) is 0. The zero-order chi connectivity index (χ0) is 10.7. The van der Waals surface area contributed by atoms with E-state index >= 15 is 0 Å². The Morgan fingerprint density at radius 3 is 0.500 bits per heavy atom. The predicted molar refractivity (Wildman–Crippen MR) is 45.4 cm³/mol. The van der Waals surface area contributed by atoms with Crippen LogP contribution in [0.25, 0.3) is 0 Å². The van der Waals surface area contributed by atoms with Gasteiger partial charge in [0.2, 0.25) is 0 Å². The molecule has 0 fully saturated rings. The second kappa shape index (κ2) is 23.8. The summed E-state index contributed by atoms with van der Waals surface area (Å²) >= 11 is 0. The molecule has 0 rings (SSSR count). The summed E-state index contributed by atoms with van der Waals surface area (Å²) < 4.78 is 0. The first-order valence-corrected chi connectivity index (χ1v) is 4.17. The van der Waals surface area contributed by atoms with E-state index in [1.54, 1.807) is 41.5 Å². The van der Waals surface area contributed by atoms with E-state index in [2.05, 4.69) is 0 Å². The van der Waals surface area contributed by atoms with Crippen molar-refractivity contribution in [1.29, 1.82) is 0 Å². The average Bonchev–Trinajstić information content (AvgIpc) is 1.54. The molecule has 0 aliphatic rings. The van der Waals surface area contributed by atoms with Gasteiger partial charge in [-0.05, 0) is 0 Å². The molecule has 0 atom stereocenters. The Morgan fingerprint density at radius 2 is 0.500 bits per heavy atom. The van der Waals surface area contributed by atoms with Crippen LogP contribution in [0.15, 0.2) is 0 Å². The van der Waals surface area contributed by atoms with Crippen LogP contribution < -0.4 is 15.3 Å². The van der Waals surface area contributed by atoms with E-state index in [1.807, 2.05) is 0 Å². The summed E-state index contributed by atoms with van der Waals surface area (Å²) in [6.45, 7) is 9.67. The zero-order valence-corrected chi connectivity index (χ0v) is 13.1. The van der Waals surface area contributed by atoms with Crippen LogP contribution in [0.3, 0.4) is 0 Å². The summed E-state index contributed by atoms with van der Waals surface area (Å²) in [6, 6.07) is 0. The molecule has 0 heterocycles. The van der Waals surface area contributed by atoms with Crippen molar-refractivity contribution in [2.24, 2.45) is 0 Å². The first kappa shape index (κ1) is 29.5. The van der Waals surface area contributed by atoms with Gasteiger partial charge in [-0.2, -0.15) is 0 Å². The normalized spacial score (nSPS) is 7.71. The molecule has 0 N–H and O–H groups in total. The van der Waals surface area contributed by atoms with Crippen molar-refractivity contribution in [3.05, 3.63) is 0 Å². The van der Waals surface area contributed by atoms with Gasteiger partial charge in [0.1, 0.15) is 0 Å². The molecule has 0 spiro atoms. The van der Waals surface area contributed by atoms with Gasteiger partial charge in [0.05, 0.1) is 0 Å². The van der Waals surface area contributed by atoms with Crippen LogP contribution in [0.5, 0.6) is 0 Å². The molecule has 0 aromatic rings. The summed E-state index contributed by atoms with van der Waals surface area (Å²) in [5.74, 6) is 0. The maximum absolute atomic E-state index is 9.53. The van der Waals surface area contributed by atoms with Crippen molar-refractivity contribution < 1.29 is 58.8 Å². The Bertz CT molecular complexity index is 46.5. The van der Waals surface area contributed by atoms with Crippen LogP contribution in [-0.4, -0.2) is 18.3 Å². The van der Waals surface area contributed by atoms with Crippen LogP contribution in [0.2, 0.25) is 0 Å². The fraction of sp³-hybridized carbons (Fsp3) is 1.00. The maximum atomic E-state index is 9.53. The van der Waals surface area contributed by atoms with Crippen molar-refractivity contribution in [1.82, 2.24) is 0 Å². The van der Waals surface area contributed by atoms with Crippen molar-refractivity contribution in [2.45, 2.75) is 59.9 Å². The molecule has 0 aromatic carbocycles. The van der Waals surface area contributed by atoms with Gasteiger partial charge in [0.15, 0.2) is 0 Å². The molecular formula is C9H21O3Ti2+5. The minimum atomic E-state index is -0.417. The van der Waals surface area contributed by atoms with Crippen LogP contribution in [0.1, 0.15) is 41.5 Å². The molecule has 0 unspecified atom stereocenters. The minimum absolute atomic E-state index is 0. The van der Waals surface area contributed by atoms with E-state index in [0.717, 1.165) is 0 Å². The summed E-state index contributed by atoms with van der Waals surface area (Å²) in [6.07, 6.45) is -1.25. The minimum Gasteiger partial charge on any atom is -0.852 e. The Hall–Kier alpha value is 1.31. The Labute approximate surface area is 118 Å². The van der Waals surface area contributed by atoms with E-state index < -0.39 is 18.3 Å². The van der Waals surface area contributed by atoms with Crippen molar-refractivity contribution >= 4 is 0 Å². The van der Waals surface area contributed by atoms with Gasteiger partial charge in [-0.3, -0.25) is 0 Å². The van der Waals surface area contributed by atoms with E-state index in [1.165, 1.54) is 0 Å². The average molecular weight is 273 g/mol. The first-order valence-electron chi connectivity index (χ1n) is 4.17. The molecule has 78 valence electrons. The molecule has 0 amide bonds. The van der Waals surface area contributed by atoms with E-state index in [0.29, 0.717) is 0 Å². The SMILES string of the molecule is CC(C)[O-].CC(C)[O-].CC(C)[O-].[Ti+4].[Ti+4]. The molecule has 0 bridgehead atoms. The van der Waals surface area contributed by atoms with Crippen LogP contribution in [-0.2, 0) is 43.4 Å². The second-order valence-corrected chi connectivity index (χ2v) is 3.15. The maximum Gasteiger partial charge on any atom is 4.00 e. The van der Waals surface area contributed by atoms with E-state index in [9.17, 15) is 15.3 Å². The van der Waals surface area contributed by atoms with Gasteiger partial charge in [-0.15, -0.1) is 18.3 Å². The monoisotopic (exact) mass is 273 g/mol. The summed E-state index contributed by atoms with van der Waals surface area (Å²) in [5.41, 5.74) is 0. The number of hydrogen-bond donors (Lipinski definition) is 0. The number of hydrogen-bond acceptors (Lipinski definition) is 3. The predicted octanol–water partition coefficient (Wildman–Crippen LogP) is -0.740. The third-order valence-corrected chi connectivity index (χ3v) is 0. The van der Waals surface area contributed by atoms with Gasteiger partial charge < -0.3 is 15.3 Å². The molecular weight excluding hydrogens is 252 g/mol. The molecule has 14 heavy (non-hydrogen) atoms. The quantitative estimate of drug-likeness (QED) is 0.546. The third-order valence-electron chi connectivity index (χ3n) is 0. The topological polar surface area (TPSA) is 69.2 Å². The van der Waals surface area contributed by atoms with Gasteiger partial charge in [-0.25, -0.2) is 0 Å². The smallest absolute Gasteiger partial charge is 0.852 e. The van der Waals surface area contributed by atoms with Crippen LogP contribution in [0, 0.1) is 0 Å². The molecule has 5 heteroatoms. The van der Waals surface area contributed by atoms with Crippen molar-refractivity contribution in [3.8, 4) is 0 Å². The fourth-order valence-corrected chi connectivity index (χ4v) is 0. The van der Waals surface area contributed by atoms with E-state index in [-0.39, 0.29) is 43.4 Å². The standard InChI is InChI=1S/3C3H7O.2Ti/c3*1-3(2)4;;/h3*3H,1-2H3;;/q3*-1;2*+4. The Balaban J connectivity index is -0.0000000270. The van der Waals surface area contributed by atoms with Gasteiger partial charge in [0, 0.05) is 0 Å². The molecule has 0 radical (unpaired) electrons. The molecule has 3 nitrogen and oxygen atoms in total.